The largest absolute Gasteiger partial charge is 0.462 e. The summed E-state index contributed by atoms with van der Waals surface area (Å²) in [4.78, 5) is 37.8. The van der Waals surface area contributed by atoms with Gasteiger partial charge in [0.1, 0.15) is 13.2 Å². The Bertz CT molecular complexity index is 1580. The van der Waals surface area contributed by atoms with E-state index in [1.54, 1.807) is 0 Å². The highest BCUT2D eigenvalue weighted by atomic mass is 16.6. The third-order valence-electron chi connectivity index (χ3n) is 12.1. The fourth-order valence-corrected chi connectivity index (χ4v) is 7.70. The Hall–Kier alpha value is -4.45. The molecule has 0 aromatic heterocycles. The fraction of sp³-hybridized carbons (Fsp3) is 0.627. The number of allylic oxidation sites excluding steroid dienone is 22. The topological polar surface area (TPSA) is 78.9 Å². The smallest absolute Gasteiger partial charge is 0.306 e. The molecule has 0 aliphatic heterocycles. The lowest BCUT2D eigenvalue weighted by atomic mass is 10.1. The van der Waals surface area contributed by atoms with Gasteiger partial charge in [0.25, 0.3) is 0 Å². The standard InChI is InChI=1S/C67H108O6/c1-4-7-10-13-15-17-19-21-23-25-26-27-28-29-30-31-32-33-34-35-36-37-38-39-40-42-43-45-47-49-51-54-57-60-66(69)72-63-64(62-71-65(68)59-56-53-12-9-6-3)73-67(70)61-58-55-52-50-48-46-44-41-24-22-20-18-16-14-11-8-5-2/h7,10,15-18,21-24,26-27,29-30,32-33,35-36,38-39,42-43,64H,4-6,8-9,11-14,19-20,25,28,31,34,37,40-41,44-63H2,1-3H3/b10-7-,17-15-,18-16-,23-21-,24-22-,27-26-,30-29-,33-32-,36-35-,39-38-,43-42-. The van der Waals surface area contributed by atoms with Gasteiger partial charge in [0, 0.05) is 19.3 Å². The first-order valence-corrected chi connectivity index (χ1v) is 29.7. The minimum Gasteiger partial charge on any atom is -0.462 e. The molecule has 0 fully saturated rings. The lowest BCUT2D eigenvalue weighted by molar-refractivity contribution is -0.167. The Morgan fingerprint density at radius 1 is 0.288 bits per heavy atom. The Morgan fingerprint density at radius 2 is 0.534 bits per heavy atom. The predicted molar refractivity (Wildman–Crippen MR) is 316 cm³/mol. The molecule has 0 N–H and O–H groups in total. The van der Waals surface area contributed by atoms with Crippen LogP contribution in [0, 0.1) is 0 Å². The summed E-state index contributed by atoms with van der Waals surface area (Å²) in [6.45, 7) is 6.38. The molecule has 73 heavy (non-hydrogen) atoms. The Labute approximate surface area is 449 Å². The molecule has 1 unspecified atom stereocenters. The van der Waals surface area contributed by atoms with Crippen molar-refractivity contribution in [2.75, 3.05) is 13.2 Å². The van der Waals surface area contributed by atoms with E-state index in [2.05, 4.69) is 154 Å². The molecule has 0 saturated heterocycles. The van der Waals surface area contributed by atoms with E-state index in [1.807, 2.05) is 0 Å². The normalized spacial score (nSPS) is 13.1. The van der Waals surface area contributed by atoms with Gasteiger partial charge in [-0.3, -0.25) is 14.4 Å². The molecule has 0 saturated carbocycles. The van der Waals surface area contributed by atoms with E-state index in [0.29, 0.717) is 19.3 Å². The van der Waals surface area contributed by atoms with Crippen LogP contribution >= 0.6 is 0 Å². The third kappa shape index (κ3) is 58.3. The zero-order valence-corrected chi connectivity index (χ0v) is 47.1. The van der Waals surface area contributed by atoms with Gasteiger partial charge in [0.05, 0.1) is 0 Å². The van der Waals surface area contributed by atoms with Gasteiger partial charge in [0.15, 0.2) is 6.10 Å². The zero-order valence-electron chi connectivity index (χ0n) is 47.1. The maximum Gasteiger partial charge on any atom is 0.306 e. The molecule has 0 heterocycles. The van der Waals surface area contributed by atoms with Crippen molar-refractivity contribution in [1.82, 2.24) is 0 Å². The lowest BCUT2D eigenvalue weighted by Crippen LogP contribution is -2.30. The number of hydrogen-bond donors (Lipinski definition) is 0. The molecule has 0 aromatic rings. The van der Waals surface area contributed by atoms with Crippen LogP contribution in [0.1, 0.15) is 252 Å². The average molecular weight is 1010 g/mol. The van der Waals surface area contributed by atoms with E-state index in [-0.39, 0.29) is 31.1 Å². The summed E-state index contributed by atoms with van der Waals surface area (Å²) in [5.41, 5.74) is 0. The molecule has 0 aliphatic rings. The second kappa shape index (κ2) is 60.1. The van der Waals surface area contributed by atoms with E-state index in [1.165, 1.54) is 51.4 Å². The summed E-state index contributed by atoms with van der Waals surface area (Å²) in [5, 5.41) is 0. The first kappa shape index (κ1) is 68.6. The van der Waals surface area contributed by atoms with Crippen LogP contribution in [0.15, 0.2) is 134 Å². The quantitative estimate of drug-likeness (QED) is 0.0261. The Balaban J connectivity index is 4.15. The van der Waals surface area contributed by atoms with Gasteiger partial charge in [0.2, 0.25) is 0 Å². The maximum absolute atomic E-state index is 12.8. The molecule has 6 heteroatoms. The number of unbranched alkanes of at least 4 members (excludes halogenated alkanes) is 19. The van der Waals surface area contributed by atoms with Gasteiger partial charge in [-0.2, -0.15) is 0 Å². The lowest BCUT2D eigenvalue weighted by Gasteiger charge is -2.18. The summed E-state index contributed by atoms with van der Waals surface area (Å²) in [6.07, 6.45) is 84.9. The minimum absolute atomic E-state index is 0.0911. The van der Waals surface area contributed by atoms with Crippen LogP contribution in [0.2, 0.25) is 0 Å². The summed E-state index contributed by atoms with van der Waals surface area (Å²) >= 11 is 0. The molecule has 0 radical (unpaired) electrons. The fourth-order valence-electron chi connectivity index (χ4n) is 7.70. The van der Waals surface area contributed by atoms with E-state index in [9.17, 15) is 14.4 Å². The number of carbonyl (C=O) groups is 3. The van der Waals surface area contributed by atoms with Crippen molar-refractivity contribution in [1.29, 1.82) is 0 Å². The summed E-state index contributed by atoms with van der Waals surface area (Å²) in [7, 11) is 0. The zero-order chi connectivity index (χ0) is 52.9. The van der Waals surface area contributed by atoms with Gasteiger partial charge < -0.3 is 14.2 Å². The highest BCUT2D eigenvalue weighted by Crippen LogP contribution is 2.14. The molecule has 412 valence electrons. The van der Waals surface area contributed by atoms with Crippen molar-refractivity contribution in [3.8, 4) is 0 Å². The molecular weight excluding hydrogens is 901 g/mol. The van der Waals surface area contributed by atoms with Crippen molar-refractivity contribution < 1.29 is 28.6 Å². The average Bonchev–Trinajstić information content (AvgIpc) is 3.39. The van der Waals surface area contributed by atoms with Gasteiger partial charge in [-0.1, -0.05) is 244 Å². The van der Waals surface area contributed by atoms with Crippen molar-refractivity contribution in [2.24, 2.45) is 0 Å². The first-order valence-electron chi connectivity index (χ1n) is 29.7. The third-order valence-corrected chi connectivity index (χ3v) is 12.1. The number of hydrogen-bond acceptors (Lipinski definition) is 6. The van der Waals surface area contributed by atoms with Crippen LogP contribution in [0.4, 0.5) is 0 Å². The van der Waals surface area contributed by atoms with Gasteiger partial charge in [-0.25, -0.2) is 0 Å². The van der Waals surface area contributed by atoms with E-state index in [0.717, 1.165) is 161 Å². The van der Waals surface area contributed by atoms with Crippen LogP contribution in [0.25, 0.3) is 0 Å². The van der Waals surface area contributed by atoms with E-state index < -0.39 is 6.10 Å². The van der Waals surface area contributed by atoms with Gasteiger partial charge in [-0.15, -0.1) is 0 Å². The summed E-state index contributed by atoms with van der Waals surface area (Å²) in [6, 6.07) is 0. The highest BCUT2D eigenvalue weighted by Gasteiger charge is 2.19. The number of carbonyl (C=O) groups excluding carboxylic acids is 3. The minimum atomic E-state index is -0.790. The van der Waals surface area contributed by atoms with E-state index >= 15 is 0 Å². The second-order valence-corrected chi connectivity index (χ2v) is 19.2. The van der Waals surface area contributed by atoms with Gasteiger partial charge >= 0.3 is 17.9 Å². The molecule has 0 amide bonds. The maximum atomic E-state index is 12.8. The molecule has 0 spiro atoms. The van der Waals surface area contributed by atoms with Crippen molar-refractivity contribution in [3.63, 3.8) is 0 Å². The van der Waals surface area contributed by atoms with Crippen LogP contribution < -0.4 is 0 Å². The second-order valence-electron chi connectivity index (χ2n) is 19.2. The Kier molecular flexibility index (Phi) is 56.4. The number of rotatable bonds is 52. The van der Waals surface area contributed by atoms with Crippen LogP contribution in [-0.2, 0) is 28.6 Å². The monoisotopic (exact) mass is 1010 g/mol. The summed E-state index contributed by atoms with van der Waals surface area (Å²) < 4.78 is 16.7. The Morgan fingerprint density at radius 3 is 0.863 bits per heavy atom. The number of esters is 3. The predicted octanol–water partition coefficient (Wildman–Crippen LogP) is 20.2. The van der Waals surface area contributed by atoms with E-state index in [4.69, 9.17) is 14.2 Å². The summed E-state index contributed by atoms with van der Waals surface area (Å²) in [5.74, 6) is -0.937. The SMILES string of the molecule is CC/C=C\C/C=C\C/C=C\C/C=C\C/C=C\C/C=C\C/C=C\C/C=C\C/C=C\CCCCCCCC(=O)OCC(COC(=O)CCCCCCC)OC(=O)CCCCCCCCC/C=C\C/C=C\CCCCC. The van der Waals surface area contributed by atoms with Crippen LogP contribution in [-0.4, -0.2) is 37.2 Å². The first-order chi connectivity index (χ1) is 36.0. The highest BCUT2D eigenvalue weighted by molar-refractivity contribution is 5.71. The van der Waals surface area contributed by atoms with Crippen LogP contribution in [0.5, 0.6) is 0 Å². The molecular formula is C67H108O6. The molecule has 0 aliphatic carbocycles. The van der Waals surface area contributed by atoms with Crippen molar-refractivity contribution in [2.45, 2.75) is 258 Å². The molecule has 6 nitrogen and oxygen atoms in total. The van der Waals surface area contributed by atoms with Gasteiger partial charge in [-0.05, 0) is 122 Å². The number of ether oxygens (including phenoxy) is 3. The molecule has 0 rings (SSSR count). The molecule has 0 bridgehead atoms. The molecule has 0 aromatic carbocycles. The van der Waals surface area contributed by atoms with Crippen LogP contribution in [0.3, 0.4) is 0 Å². The molecule has 1 atom stereocenters. The van der Waals surface area contributed by atoms with Crippen molar-refractivity contribution in [3.05, 3.63) is 134 Å². The van der Waals surface area contributed by atoms with Crippen molar-refractivity contribution >= 4 is 17.9 Å².